The summed E-state index contributed by atoms with van der Waals surface area (Å²) >= 11 is 3.24. The minimum absolute atomic E-state index is 0.132. The van der Waals surface area contributed by atoms with E-state index in [1.807, 2.05) is 0 Å². The number of rotatable bonds is 4. The van der Waals surface area contributed by atoms with Crippen LogP contribution in [0.1, 0.15) is 33.3 Å². The van der Waals surface area contributed by atoms with E-state index in [1.54, 1.807) is 39.8 Å². The Kier molecular flexibility index (Phi) is 5.57. The van der Waals surface area contributed by atoms with Gasteiger partial charge < -0.3 is 4.74 Å². The van der Waals surface area contributed by atoms with Gasteiger partial charge in [0, 0.05) is 4.47 Å². The fourth-order valence-corrected chi connectivity index (χ4v) is 3.57. The zero-order valence-electron chi connectivity index (χ0n) is 12.7. The van der Waals surface area contributed by atoms with E-state index < -0.39 is 27.6 Å². The van der Waals surface area contributed by atoms with Crippen molar-refractivity contribution >= 4 is 31.9 Å². The number of sulfonamides is 1. The van der Waals surface area contributed by atoms with Gasteiger partial charge in [0.2, 0.25) is 10.0 Å². The highest BCUT2D eigenvalue weighted by molar-refractivity contribution is 9.10. The van der Waals surface area contributed by atoms with E-state index in [2.05, 4.69) is 20.7 Å². The van der Waals surface area contributed by atoms with Gasteiger partial charge in [0.1, 0.15) is 11.6 Å². The lowest BCUT2D eigenvalue weighted by Gasteiger charge is -2.22. The minimum atomic E-state index is -3.79. The third kappa shape index (κ3) is 5.41. The Balaban J connectivity index is 2.95. The molecule has 0 aromatic heterocycles. The summed E-state index contributed by atoms with van der Waals surface area (Å²) in [6, 6.07) is 3.98. The van der Waals surface area contributed by atoms with E-state index >= 15 is 0 Å². The monoisotopic (exact) mass is 377 g/mol. The van der Waals surface area contributed by atoms with Gasteiger partial charge in [-0.05, 0) is 52.3 Å². The van der Waals surface area contributed by atoms with Gasteiger partial charge in [0.05, 0.1) is 4.90 Å². The first-order chi connectivity index (χ1) is 9.42. The number of nitrogens with one attached hydrogen (secondary N) is 1. The maximum atomic E-state index is 12.3. The molecule has 1 rings (SSSR count). The van der Waals surface area contributed by atoms with E-state index in [0.29, 0.717) is 10.0 Å². The van der Waals surface area contributed by atoms with Crippen LogP contribution in [-0.2, 0) is 19.6 Å². The minimum Gasteiger partial charge on any atom is -0.459 e. The van der Waals surface area contributed by atoms with Crippen LogP contribution < -0.4 is 4.72 Å². The van der Waals surface area contributed by atoms with Crippen molar-refractivity contribution in [1.29, 1.82) is 0 Å². The van der Waals surface area contributed by atoms with Crippen LogP contribution in [0.4, 0.5) is 0 Å². The summed E-state index contributed by atoms with van der Waals surface area (Å²) in [6.07, 6.45) is 0. The second-order valence-electron chi connectivity index (χ2n) is 5.79. The molecule has 21 heavy (non-hydrogen) atoms. The van der Waals surface area contributed by atoms with Crippen molar-refractivity contribution < 1.29 is 17.9 Å². The molecular weight excluding hydrogens is 358 g/mol. The van der Waals surface area contributed by atoms with Crippen molar-refractivity contribution in [1.82, 2.24) is 4.72 Å². The van der Waals surface area contributed by atoms with Gasteiger partial charge in [-0.25, -0.2) is 8.42 Å². The molecule has 1 atom stereocenters. The number of hydrogen-bond donors (Lipinski definition) is 1. The Morgan fingerprint density at radius 3 is 2.43 bits per heavy atom. The van der Waals surface area contributed by atoms with Crippen LogP contribution in [0, 0.1) is 6.92 Å². The summed E-state index contributed by atoms with van der Waals surface area (Å²) in [6.45, 7) is 8.33. The predicted octanol–water partition coefficient (Wildman–Crippen LogP) is 2.77. The Morgan fingerprint density at radius 1 is 1.33 bits per heavy atom. The molecule has 0 aliphatic carbocycles. The molecule has 5 nitrogen and oxygen atoms in total. The molecule has 0 bridgehead atoms. The largest absolute Gasteiger partial charge is 0.459 e. The highest BCUT2D eigenvalue weighted by Crippen LogP contribution is 2.21. The van der Waals surface area contributed by atoms with Crippen molar-refractivity contribution in [3.63, 3.8) is 0 Å². The van der Waals surface area contributed by atoms with Gasteiger partial charge in [-0.3, -0.25) is 4.79 Å². The molecular formula is C14H20BrNO4S. The number of esters is 1. The predicted molar refractivity (Wildman–Crippen MR) is 84.5 cm³/mol. The molecule has 0 radical (unpaired) electrons. The van der Waals surface area contributed by atoms with Crippen LogP contribution >= 0.6 is 15.9 Å². The maximum Gasteiger partial charge on any atom is 0.324 e. The fraction of sp³-hybridized carbons (Fsp3) is 0.500. The van der Waals surface area contributed by atoms with Gasteiger partial charge in [0.15, 0.2) is 0 Å². The summed E-state index contributed by atoms with van der Waals surface area (Å²) in [5, 5.41) is 0. The number of carbonyl (C=O) groups is 1. The summed E-state index contributed by atoms with van der Waals surface area (Å²) in [5.74, 6) is -0.612. The molecule has 0 saturated carbocycles. The van der Waals surface area contributed by atoms with Crippen LogP contribution in [0.25, 0.3) is 0 Å². The van der Waals surface area contributed by atoms with Crippen LogP contribution in [-0.4, -0.2) is 26.0 Å². The molecule has 1 aromatic carbocycles. The third-order valence-electron chi connectivity index (χ3n) is 2.53. The van der Waals surface area contributed by atoms with E-state index in [0.717, 1.165) is 0 Å². The number of hydrogen-bond acceptors (Lipinski definition) is 4. The molecule has 118 valence electrons. The molecule has 0 amide bonds. The standard InChI is InChI=1S/C14H20BrNO4S/c1-9-6-7-11(15)8-12(9)21(18,19)16-10(2)13(17)20-14(3,4)5/h6-8,10,16H,1-5H3/t10-/m1/s1. The normalized spacial score (nSPS) is 13.8. The molecule has 1 N–H and O–H groups in total. The van der Waals surface area contributed by atoms with Crippen LogP contribution in [0.15, 0.2) is 27.6 Å². The van der Waals surface area contributed by atoms with Crippen molar-refractivity contribution in [3.8, 4) is 0 Å². The molecule has 7 heteroatoms. The van der Waals surface area contributed by atoms with Crippen LogP contribution in [0.5, 0.6) is 0 Å². The number of benzene rings is 1. The topological polar surface area (TPSA) is 72.5 Å². The molecule has 0 fully saturated rings. The number of carbonyl (C=O) groups excluding carboxylic acids is 1. The van der Waals surface area contributed by atoms with Crippen LogP contribution in [0.3, 0.4) is 0 Å². The first kappa shape index (κ1) is 18.1. The molecule has 0 saturated heterocycles. The number of halogens is 1. The van der Waals surface area contributed by atoms with Crippen molar-refractivity contribution in [2.24, 2.45) is 0 Å². The quantitative estimate of drug-likeness (QED) is 0.818. The molecule has 1 aromatic rings. The molecule has 0 unspecified atom stereocenters. The Hall–Kier alpha value is -0.920. The van der Waals surface area contributed by atoms with Crippen molar-refractivity contribution in [3.05, 3.63) is 28.2 Å². The maximum absolute atomic E-state index is 12.3. The first-order valence-corrected chi connectivity index (χ1v) is 8.71. The smallest absolute Gasteiger partial charge is 0.324 e. The van der Waals surface area contributed by atoms with E-state index in [9.17, 15) is 13.2 Å². The second kappa shape index (κ2) is 6.46. The zero-order chi connectivity index (χ0) is 16.4. The third-order valence-corrected chi connectivity index (χ3v) is 4.71. The molecule has 0 aliphatic rings. The van der Waals surface area contributed by atoms with Crippen LogP contribution in [0.2, 0.25) is 0 Å². The Morgan fingerprint density at radius 2 is 1.90 bits per heavy atom. The Labute approximate surface area is 134 Å². The molecule has 0 heterocycles. The van der Waals surface area contributed by atoms with Gasteiger partial charge >= 0.3 is 5.97 Å². The highest BCUT2D eigenvalue weighted by Gasteiger charge is 2.27. The molecule has 0 aliphatic heterocycles. The summed E-state index contributed by atoms with van der Waals surface area (Å²) < 4.78 is 32.8. The SMILES string of the molecule is Cc1ccc(Br)cc1S(=O)(=O)N[C@H](C)C(=O)OC(C)(C)C. The first-order valence-electron chi connectivity index (χ1n) is 6.44. The van der Waals surface area contributed by atoms with E-state index in [4.69, 9.17) is 4.74 Å². The van der Waals surface area contributed by atoms with Gasteiger partial charge in [-0.15, -0.1) is 0 Å². The lowest BCUT2D eigenvalue weighted by molar-refractivity contribution is -0.156. The number of ether oxygens (including phenoxy) is 1. The average Bonchev–Trinajstić information content (AvgIpc) is 2.29. The van der Waals surface area contributed by atoms with Crippen molar-refractivity contribution in [2.45, 2.75) is 51.2 Å². The summed E-state index contributed by atoms with van der Waals surface area (Å²) in [5.41, 5.74) is -0.0651. The van der Waals surface area contributed by atoms with Gasteiger partial charge in [-0.2, -0.15) is 4.72 Å². The highest BCUT2D eigenvalue weighted by atomic mass is 79.9. The van der Waals surface area contributed by atoms with Gasteiger partial charge in [-0.1, -0.05) is 22.0 Å². The Bertz CT molecular complexity index is 635. The lowest BCUT2D eigenvalue weighted by atomic mass is 10.2. The van der Waals surface area contributed by atoms with Crippen molar-refractivity contribution in [2.75, 3.05) is 0 Å². The van der Waals surface area contributed by atoms with Gasteiger partial charge in [0.25, 0.3) is 0 Å². The summed E-state index contributed by atoms with van der Waals surface area (Å²) in [4.78, 5) is 12.0. The van der Waals surface area contributed by atoms with E-state index in [-0.39, 0.29) is 4.90 Å². The summed E-state index contributed by atoms with van der Waals surface area (Å²) in [7, 11) is -3.79. The lowest BCUT2D eigenvalue weighted by Crippen LogP contribution is -2.42. The fourth-order valence-electron chi connectivity index (χ4n) is 1.60. The zero-order valence-corrected chi connectivity index (χ0v) is 15.1. The second-order valence-corrected chi connectivity index (χ2v) is 8.38. The average molecular weight is 378 g/mol. The molecule has 0 spiro atoms. The number of aryl methyl sites for hydroxylation is 1. The van der Waals surface area contributed by atoms with E-state index in [1.165, 1.54) is 13.0 Å².